The van der Waals surface area contributed by atoms with Gasteiger partial charge >= 0.3 is 0 Å². The number of halogens is 3. The minimum Gasteiger partial charge on any atom is -0.352 e. The van der Waals surface area contributed by atoms with Gasteiger partial charge < -0.3 is 11.1 Å². The number of hydrogen-bond donors (Lipinski definition) is 2. The molecule has 0 aliphatic rings. The van der Waals surface area contributed by atoms with Gasteiger partial charge in [0, 0.05) is 17.8 Å². The number of rotatable bonds is 6. The van der Waals surface area contributed by atoms with E-state index in [0.717, 1.165) is 12.8 Å². The molecule has 0 radical (unpaired) electrons. The van der Waals surface area contributed by atoms with Crippen LogP contribution < -0.4 is 11.1 Å². The summed E-state index contributed by atoms with van der Waals surface area (Å²) < 4.78 is 1.55. The van der Waals surface area contributed by atoms with Crippen molar-refractivity contribution in [2.75, 3.05) is 13.1 Å². The van der Waals surface area contributed by atoms with Crippen molar-refractivity contribution in [3.63, 3.8) is 0 Å². The number of carbonyl (C=O) groups is 1. The number of nitrogens with one attached hydrogen (secondary N) is 1. The predicted molar refractivity (Wildman–Crippen MR) is 91.5 cm³/mol. The zero-order valence-corrected chi connectivity index (χ0v) is 14.1. The average molecular weight is 364 g/mol. The number of hydrogen-bond acceptors (Lipinski definition) is 3. The molecule has 0 bridgehead atoms. The number of nitrogens with zero attached hydrogens (tertiary/aromatic N) is 2. The lowest BCUT2D eigenvalue weighted by molar-refractivity contribution is 0.0953. The van der Waals surface area contributed by atoms with Crippen molar-refractivity contribution in [1.29, 1.82) is 0 Å². The molecular weight excluding hydrogens is 347 g/mol. The van der Waals surface area contributed by atoms with Crippen LogP contribution in [0.3, 0.4) is 0 Å². The van der Waals surface area contributed by atoms with E-state index in [1.165, 1.54) is 6.20 Å². The lowest BCUT2D eigenvalue weighted by Crippen LogP contribution is -2.24. The summed E-state index contributed by atoms with van der Waals surface area (Å²) >= 11 is 12.0. The van der Waals surface area contributed by atoms with Crippen LogP contribution in [0.15, 0.2) is 30.6 Å². The fourth-order valence-electron chi connectivity index (χ4n) is 1.81. The van der Waals surface area contributed by atoms with Crippen LogP contribution in [0.1, 0.15) is 23.2 Å². The molecule has 0 saturated heterocycles. The Morgan fingerprint density at radius 3 is 2.77 bits per heavy atom. The van der Waals surface area contributed by atoms with Crippen molar-refractivity contribution in [3.8, 4) is 5.69 Å². The Kier molecular flexibility index (Phi) is 7.68. The van der Waals surface area contributed by atoms with E-state index in [1.54, 1.807) is 29.1 Å². The minimum atomic E-state index is -0.164. The lowest BCUT2D eigenvalue weighted by Gasteiger charge is -2.04. The first-order chi connectivity index (χ1) is 10.1. The normalized spacial score (nSPS) is 10.1. The summed E-state index contributed by atoms with van der Waals surface area (Å²) in [4.78, 5) is 11.9. The summed E-state index contributed by atoms with van der Waals surface area (Å²) in [5, 5.41) is 7.99. The molecule has 0 atom stereocenters. The fourth-order valence-corrected chi connectivity index (χ4v) is 2.31. The molecule has 0 unspecified atom stereocenters. The Morgan fingerprint density at radius 1 is 1.32 bits per heavy atom. The number of amides is 1. The minimum absolute atomic E-state index is 0. The van der Waals surface area contributed by atoms with Crippen molar-refractivity contribution >= 4 is 41.5 Å². The zero-order valence-electron chi connectivity index (χ0n) is 11.8. The van der Waals surface area contributed by atoms with Gasteiger partial charge in [-0.15, -0.1) is 12.4 Å². The molecule has 0 fully saturated rings. The largest absolute Gasteiger partial charge is 0.352 e. The molecule has 120 valence electrons. The van der Waals surface area contributed by atoms with Crippen LogP contribution in [0.4, 0.5) is 0 Å². The van der Waals surface area contributed by atoms with Crippen LogP contribution in [0, 0.1) is 0 Å². The molecule has 22 heavy (non-hydrogen) atoms. The van der Waals surface area contributed by atoms with Gasteiger partial charge in [-0.05, 0) is 37.6 Å². The van der Waals surface area contributed by atoms with Crippen LogP contribution in [0.5, 0.6) is 0 Å². The summed E-state index contributed by atoms with van der Waals surface area (Å²) in [6.45, 7) is 1.23. The Bertz CT molecular complexity index is 630. The van der Waals surface area contributed by atoms with Crippen molar-refractivity contribution in [2.45, 2.75) is 12.8 Å². The molecule has 5 nitrogen and oxygen atoms in total. The van der Waals surface area contributed by atoms with Crippen LogP contribution in [0.2, 0.25) is 10.0 Å². The molecule has 0 saturated carbocycles. The van der Waals surface area contributed by atoms with Crippen molar-refractivity contribution in [2.24, 2.45) is 5.73 Å². The maximum absolute atomic E-state index is 11.9. The molecule has 1 aromatic carbocycles. The number of nitrogens with two attached hydrogens (primary N) is 1. The van der Waals surface area contributed by atoms with E-state index in [0.29, 0.717) is 34.4 Å². The standard InChI is InChI=1S/C14H16Cl2N4O.ClH/c15-11-3-4-13(12(16)7-11)20-9-10(8-19-20)14(21)18-6-2-1-5-17;/h3-4,7-9H,1-2,5-6,17H2,(H,18,21);1H. The van der Waals surface area contributed by atoms with E-state index in [9.17, 15) is 4.79 Å². The van der Waals surface area contributed by atoms with E-state index >= 15 is 0 Å². The van der Waals surface area contributed by atoms with Gasteiger partial charge in [0.05, 0.1) is 22.5 Å². The molecule has 8 heteroatoms. The molecule has 0 aliphatic heterocycles. The van der Waals surface area contributed by atoms with Crippen molar-refractivity contribution in [3.05, 3.63) is 46.2 Å². The Labute approximate surface area is 145 Å². The number of benzene rings is 1. The van der Waals surface area contributed by atoms with Gasteiger partial charge in [0.25, 0.3) is 5.91 Å². The van der Waals surface area contributed by atoms with Crippen molar-refractivity contribution in [1.82, 2.24) is 15.1 Å². The summed E-state index contributed by atoms with van der Waals surface area (Å²) in [5.41, 5.74) is 6.55. The first-order valence-corrected chi connectivity index (χ1v) is 7.36. The third-order valence-corrected chi connectivity index (χ3v) is 3.46. The molecule has 1 amide bonds. The summed E-state index contributed by atoms with van der Waals surface area (Å²) in [7, 11) is 0. The molecule has 1 aromatic heterocycles. The SMILES string of the molecule is Cl.NCCCCNC(=O)c1cnn(-c2ccc(Cl)cc2Cl)c1. The Hall–Kier alpha value is -1.27. The van der Waals surface area contributed by atoms with E-state index in [4.69, 9.17) is 28.9 Å². The maximum atomic E-state index is 11.9. The van der Waals surface area contributed by atoms with Crippen LogP contribution in [0.25, 0.3) is 5.69 Å². The third-order valence-electron chi connectivity index (χ3n) is 2.92. The molecule has 0 spiro atoms. The summed E-state index contributed by atoms with van der Waals surface area (Å²) in [6.07, 6.45) is 4.88. The first kappa shape index (κ1) is 18.8. The van der Waals surface area contributed by atoms with E-state index in [1.807, 2.05) is 0 Å². The molecular formula is C14H17Cl3N4O. The monoisotopic (exact) mass is 362 g/mol. The molecule has 0 aliphatic carbocycles. The molecule has 3 N–H and O–H groups in total. The van der Waals surface area contributed by atoms with Gasteiger partial charge in [-0.25, -0.2) is 4.68 Å². The average Bonchev–Trinajstić information content (AvgIpc) is 2.93. The predicted octanol–water partition coefficient (Wildman–Crippen LogP) is 3.07. The van der Waals surface area contributed by atoms with Crippen LogP contribution in [-0.2, 0) is 0 Å². The van der Waals surface area contributed by atoms with Gasteiger partial charge in [-0.2, -0.15) is 5.10 Å². The van der Waals surface area contributed by atoms with Gasteiger partial charge in [0.2, 0.25) is 0 Å². The highest BCUT2D eigenvalue weighted by Gasteiger charge is 2.10. The first-order valence-electron chi connectivity index (χ1n) is 6.60. The molecule has 2 rings (SSSR count). The lowest BCUT2D eigenvalue weighted by atomic mass is 10.3. The smallest absolute Gasteiger partial charge is 0.254 e. The highest BCUT2D eigenvalue weighted by atomic mass is 35.5. The van der Waals surface area contributed by atoms with E-state index in [2.05, 4.69) is 10.4 Å². The third kappa shape index (κ3) is 4.88. The van der Waals surface area contributed by atoms with Crippen LogP contribution >= 0.6 is 35.6 Å². The number of aromatic nitrogens is 2. The van der Waals surface area contributed by atoms with Crippen LogP contribution in [-0.4, -0.2) is 28.8 Å². The number of unbranched alkanes of at least 4 members (excludes halogenated alkanes) is 1. The second-order valence-corrected chi connectivity index (χ2v) is 5.36. The maximum Gasteiger partial charge on any atom is 0.254 e. The summed E-state index contributed by atoms with van der Waals surface area (Å²) in [6, 6.07) is 5.10. The van der Waals surface area contributed by atoms with Crippen molar-refractivity contribution < 1.29 is 4.79 Å². The quantitative estimate of drug-likeness (QED) is 0.775. The Balaban J connectivity index is 0.00000242. The van der Waals surface area contributed by atoms with E-state index < -0.39 is 0 Å². The van der Waals surface area contributed by atoms with Gasteiger partial charge in [-0.3, -0.25) is 4.79 Å². The van der Waals surface area contributed by atoms with Gasteiger partial charge in [0.15, 0.2) is 0 Å². The van der Waals surface area contributed by atoms with Gasteiger partial charge in [0.1, 0.15) is 0 Å². The molecule has 1 heterocycles. The molecule has 2 aromatic rings. The highest BCUT2D eigenvalue weighted by Crippen LogP contribution is 2.24. The topological polar surface area (TPSA) is 72.9 Å². The Morgan fingerprint density at radius 2 is 2.09 bits per heavy atom. The zero-order chi connectivity index (χ0) is 15.2. The summed E-state index contributed by atoms with van der Waals surface area (Å²) in [5.74, 6) is -0.164. The highest BCUT2D eigenvalue weighted by molar-refractivity contribution is 6.35. The van der Waals surface area contributed by atoms with Gasteiger partial charge in [-0.1, -0.05) is 23.2 Å². The number of carbonyl (C=O) groups excluding carboxylic acids is 1. The second-order valence-electron chi connectivity index (χ2n) is 4.52. The van der Waals surface area contributed by atoms with E-state index in [-0.39, 0.29) is 18.3 Å². The fraction of sp³-hybridized carbons (Fsp3) is 0.286. The second kappa shape index (κ2) is 9.00.